The van der Waals surface area contributed by atoms with E-state index in [2.05, 4.69) is 18.2 Å². The molecule has 0 saturated carbocycles. The quantitative estimate of drug-likeness (QED) is 0.923. The van der Waals surface area contributed by atoms with Crippen LogP contribution in [-0.4, -0.2) is 19.6 Å². The van der Waals surface area contributed by atoms with Crippen LogP contribution in [-0.2, 0) is 24.1 Å². The van der Waals surface area contributed by atoms with Crippen LogP contribution in [0.1, 0.15) is 16.7 Å². The van der Waals surface area contributed by atoms with Crippen molar-refractivity contribution >= 4 is 5.91 Å². The van der Waals surface area contributed by atoms with Gasteiger partial charge < -0.3 is 15.2 Å². The van der Waals surface area contributed by atoms with Gasteiger partial charge in [0.2, 0.25) is 5.91 Å². The van der Waals surface area contributed by atoms with Gasteiger partial charge in [-0.25, -0.2) is 0 Å². The molecule has 1 atom stereocenters. The van der Waals surface area contributed by atoms with Crippen molar-refractivity contribution < 1.29 is 14.3 Å². The van der Waals surface area contributed by atoms with Gasteiger partial charge in [-0.15, -0.1) is 0 Å². The van der Waals surface area contributed by atoms with Gasteiger partial charge >= 0.3 is 0 Å². The van der Waals surface area contributed by atoms with E-state index in [9.17, 15) is 4.79 Å². The third-order valence-corrected chi connectivity index (χ3v) is 4.18. The Morgan fingerprint density at radius 2 is 1.96 bits per heavy atom. The third kappa shape index (κ3) is 3.83. The number of hydrogen-bond acceptors (Lipinski definition) is 3. The van der Waals surface area contributed by atoms with Gasteiger partial charge in [-0.3, -0.25) is 4.79 Å². The Labute approximate surface area is 136 Å². The first-order valence-corrected chi connectivity index (χ1v) is 7.80. The van der Waals surface area contributed by atoms with Crippen LogP contribution in [0.15, 0.2) is 42.5 Å². The summed E-state index contributed by atoms with van der Waals surface area (Å²) < 4.78 is 11.1. The van der Waals surface area contributed by atoms with E-state index >= 15 is 0 Å². The van der Waals surface area contributed by atoms with Crippen LogP contribution in [0.3, 0.4) is 0 Å². The van der Waals surface area contributed by atoms with Crippen molar-refractivity contribution in [3.63, 3.8) is 0 Å². The highest BCUT2D eigenvalue weighted by atomic mass is 16.5. The zero-order chi connectivity index (χ0) is 16.2. The minimum atomic E-state index is -0.300. The molecule has 23 heavy (non-hydrogen) atoms. The van der Waals surface area contributed by atoms with E-state index in [4.69, 9.17) is 15.2 Å². The van der Waals surface area contributed by atoms with Gasteiger partial charge in [-0.2, -0.15) is 0 Å². The Balaban J connectivity index is 1.64. The second kappa shape index (κ2) is 6.73. The van der Waals surface area contributed by atoms with Crippen molar-refractivity contribution in [2.45, 2.75) is 19.3 Å². The van der Waals surface area contributed by atoms with Crippen molar-refractivity contribution in [2.24, 2.45) is 11.7 Å². The van der Waals surface area contributed by atoms with Gasteiger partial charge in [0, 0.05) is 12.0 Å². The monoisotopic (exact) mass is 311 g/mol. The van der Waals surface area contributed by atoms with Gasteiger partial charge in [0.15, 0.2) is 0 Å². The lowest BCUT2D eigenvalue weighted by atomic mass is 9.90. The molecule has 0 bridgehead atoms. The zero-order valence-corrected chi connectivity index (χ0v) is 13.2. The minimum absolute atomic E-state index is 0.294. The summed E-state index contributed by atoms with van der Waals surface area (Å²) >= 11 is 0. The molecule has 1 heterocycles. The predicted octanol–water partition coefficient (Wildman–Crippen LogP) is 2.52. The summed E-state index contributed by atoms with van der Waals surface area (Å²) in [4.78, 5) is 10.9. The molecule has 2 aromatic rings. The van der Waals surface area contributed by atoms with Crippen molar-refractivity contribution in [1.29, 1.82) is 0 Å². The first-order valence-electron chi connectivity index (χ1n) is 7.80. The van der Waals surface area contributed by atoms with Crippen LogP contribution in [0.25, 0.3) is 0 Å². The smallest absolute Gasteiger partial charge is 0.221 e. The number of carbonyl (C=O) groups excluding carboxylic acids is 1. The molecule has 120 valence electrons. The standard InChI is InChI=1S/C19H21NO3/c1-22-17-7-6-16-9-15(12-23-18(16)11-17)8-13-2-4-14(5-3-13)10-19(20)21/h2-7,11,15H,8-10,12H2,1H3,(H2,20,21)/t15-/m0/s1. The lowest BCUT2D eigenvalue weighted by molar-refractivity contribution is -0.117. The molecule has 0 fully saturated rings. The topological polar surface area (TPSA) is 61.6 Å². The number of ether oxygens (including phenoxy) is 2. The average Bonchev–Trinajstić information content (AvgIpc) is 2.55. The highest BCUT2D eigenvalue weighted by Crippen LogP contribution is 2.32. The molecular formula is C19H21NO3. The Kier molecular flexibility index (Phi) is 4.51. The summed E-state index contributed by atoms with van der Waals surface area (Å²) in [5.41, 5.74) is 8.65. The second-order valence-electron chi connectivity index (χ2n) is 6.02. The highest BCUT2D eigenvalue weighted by molar-refractivity contribution is 5.76. The lowest BCUT2D eigenvalue weighted by Crippen LogP contribution is -2.22. The first kappa shape index (κ1) is 15.4. The van der Waals surface area contributed by atoms with Gasteiger partial charge in [0.05, 0.1) is 20.1 Å². The van der Waals surface area contributed by atoms with E-state index in [-0.39, 0.29) is 5.91 Å². The minimum Gasteiger partial charge on any atom is -0.497 e. The van der Waals surface area contributed by atoms with Crippen LogP contribution in [0.4, 0.5) is 0 Å². The summed E-state index contributed by atoms with van der Waals surface area (Å²) in [6, 6.07) is 14.1. The van der Waals surface area contributed by atoms with Crippen molar-refractivity contribution in [3.05, 3.63) is 59.2 Å². The molecule has 4 heteroatoms. The summed E-state index contributed by atoms with van der Waals surface area (Å²) in [5, 5.41) is 0. The molecule has 2 aromatic carbocycles. The Morgan fingerprint density at radius 1 is 1.22 bits per heavy atom. The number of methoxy groups -OCH3 is 1. The highest BCUT2D eigenvalue weighted by Gasteiger charge is 2.20. The molecule has 0 unspecified atom stereocenters. The fourth-order valence-corrected chi connectivity index (χ4v) is 3.00. The maximum absolute atomic E-state index is 10.9. The number of carbonyl (C=O) groups is 1. The SMILES string of the molecule is COc1ccc2c(c1)OC[C@@H](Cc1ccc(CC(N)=O)cc1)C2. The van der Waals surface area contributed by atoms with Crippen molar-refractivity contribution in [2.75, 3.05) is 13.7 Å². The van der Waals surface area contributed by atoms with Crippen LogP contribution in [0.5, 0.6) is 11.5 Å². The van der Waals surface area contributed by atoms with Crippen LogP contribution in [0.2, 0.25) is 0 Å². The van der Waals surface area contributed by atoms with Gasteiger partial charge in [-0.1, -0.05) is 30.3 Å². The van der Waals surface area contributed by atoms with Crippen LogP contribution < -0.4 is 15.2 Å². The molecule has 2 N–H and O–H groups in total. The fraction of sp³-hybridized carbons (Fsp3) is 0.316. The molecule has 0 saturated heterocycles. The van der Waals surface area contributed by atoms with Crippen molar-refractivity contribution in [1.82, 2.24) is 0 Å². The molecular weight excluding hydrogens is 290 g/mol. The number of amides is 1. The molecule has 0 aromatic heterocycles. The summed E-state index contributed by atoms with van der Waals surface area (Å²) in [6.07, 6.45) is 2.26. The Morgan fingerprint density at radius 3 is 2.65 bits per heavy atom. The third-order valence-electron chi connectivity index (χ3n) is 4.18. The van der Waals surface area contributed by atoms with E-state index in [0.29, 0.717) is 18.9 Å². The van der Waals surface area contributed by atoms with Gasteiger partial charge in [0.1, 0.15) is 11.5 Å². The lowest BCUT2D eigenvalue weighted by Gasteiger charge is -2.25. The van der Waals surface area contributed by atoms with Gasteiger partial charge in [0.25, 0.3) is 0 Å². The number of nitrogens with two attached hydrogens (primary N) is 1. The Hall–Kier alpha value is -2.49. The fourth-order valence-electron chi connectivity index (χ4n) is 3.00. The van der Waals surface area contributed by atoms with Crippen LogP contribution in [0, 0.1) is 5.92 Å². The number of rotatable bonds is 5. The molecule has 0 spiro atoms. The molecule has 4 nitrogen and oxygen atoms in total. The normalized spacial score (nSPS) is 16.3. The molecule has 0 radical (unpaired) electrons. The van der Waals surface area contributed by atoms with E-state index < -0.39 is 0 Å². The van der Waals surface area contributed by atoms with Crippen molar-refractivity contribution in [3.8, 4) is 11.5 Å². The Bertz CT molecular complexity index is 694. The van der Waals surface area contributed by atoms with Crippen LogP contribution >= 0.6 is 0 Å². The number of hydrogen-bond donors (Lipinski definition) is 1. The zero-order valence-electron chi connectivity index (χ0n) is 13.2. The molecule has 1 aliphatic heterocycles. The molecule has 0 aliphatic carbocycles. The summed E-state index contributed by atoms with van der Waals surface area (Å²) in [5.74, 6) is 1.91. The molecule has 1 amide bonds. The number of primary amides is 1. The molecule has 3 rings (SSSR count). The maximum atomic E-state index is 10.9. The summed E-state index contributed by atoms with van der Waals surface area (Å²) in [6.45, 7) is 0.712. The predicted molar refractivity (Wildman–Crippen MR) is 88.7 cm³/mol. The van der Waals surface area contributed by atoms with E-state index in [0.717, 1.165) is 29.9 Å². The van der Waals surface area contributed by atoms with E-state index in [1.807, 2.05) is 24.3 Å². The average molecular weight is 311 g/mol. The first-order chi connectivity index (χ1) is 11.1. The summed E-state index contributed by atoms with van der Waals surface area (Å²) in [7, 11) is 1.66. The van der Waals surface area contributed by atoms with E-state index in [1.54, 1.807) is 7.11 Å². The van der Waals surface area contributed by atoms with E-state index in [1.165, 1.54) is 11.1 Å². The number of fused-ring (bicyclic) bond motifs is 1. The maximum Gasteiger partial charge on any atom is 0.221 e. The molecule has 1 aliphatic rings. The second-order valence-corrected chi connectivity index (χ2v) is 6.02. The van der Waals surface area contributed by atoms with Gasteiger partial charge in [-0.05, 0) is 35.6 Å². The number of benzene rings is 2. The largest absolute Gasteiger partial charge is 0.497 e.